The van der Waals surface area contributed by atoms with Crippen molar-refractivity contribution in [2.24, 2.45) is 0 Å². The fourth-order valence-electron chi connectivity index (χ4n) is 6.75. The topological polar surface area (TPSA) is 148 Å². The Bertz CT molecular complexity index is 2270. The molecule has 16 heteroatoms. The highest BCUT2D eigenvalue weighted by atomic mass is 79.9. The number of nitrogens with zero attached hydrogens (tertiary/aromatic N) is 6. The zero-order chi connectivity index (χ0) is 38.4. The van der Waals surface area contributed by atoms with Gasteiger partial charge in [0.05, 0.1) is 34.8 Å². The maximum absolute atomic E-state index is 13.4. The number of likely N-dealkylation sites (tertiary alicyclic amines) is 1. The smallest absolute Gasteiger partial charge is 0.287 e. The molecule has 1 saturated heterocycles. The molecule has 0 saturated carbocycles. The van der Waals surface area contributed by atoms with Gasteiger partial charge in [-0.1, -0.05) is 0 Å². The van der Waals surface area contributed by atoms with E-state index in [2.05, 4.69) is 51.7 Å². The maximum atomic E-state index is 13.4. The van der Waals surface area contributed by atoms with Gasteiger partial charge in [0.2, 0.25) is 0 Å². The molecule has 0 amide bonds. The second-order valence-corrected chi connectivity index (χ2v) is 16.1. The van der Waals surface area contributed by atoms with Crippen molar-refractivity contribution >= 4 is 72.8 Å². The summed E-state index contributed by atoms with van der Waals surface area (Å²) < 4.78 is 22.0. The first-order valence-corrected chi connectivity index (χ1v) is 19.4. The Labute approximate surface area is 329 Å². The van der Waals surface area contributed by atoms with Gasteiger partial charge in [0.25, 0.3) is 23.7 Å². The third-order valence-electron chi connectivity index (χ3n) is 9.33. The average Bonchev–Trinajstić information content (AvgIpc) is 3.14. The van der Waals surface area contributed by atoms with Gasteiger partial charge in [-0.3, -0.25) is 33.9 Å². The van der Waals surface area contributed by atoms with Crippen LogP contribution in [-0.2, 0) is 28.9 Å². The minimum atomic E-state index is -0.564. The van der Waals surface area contributed by atoms with Crippen LogP contribution in [0.15, 0.2) is 79.6 Å². The van der Waals surface area contributed by atoms with Crippen molar-refractivity contribution in [1.82, 2.24) is 29.0 Å². The van der Waals surface area contributed by atoms with Crippen molar-refractivity contribution in [3.05, 3.63) is 96.4 Å². The van der Waals surface area contributed by atoms with Gasteiger partial charge in [0, 0.05) is 58.3 Å². The summed E-state index contributed by atoms with van der Waals surface area (Å²) in [5, 5.41) is 0. The number of pyridine rings is 5. The third kappa shape index (κ3) is 9.82. The molecule has 282 valence electrons. The van der Waals surface area contributed by atoms with Gasteiger partial charge in [-0.15, -0.1) is 0 Å². The normalized spacial score (nSPS) is 14.7. The molecule has 7 rings (SSSR count). The number of ether oxygens (including phenoxy) is 3. The lowest BCUT2D eigenvalue weighted by atomic mass is 9.36. The molecule has 0 spiro atoms. The van der Waals surface area contributed by atoms with Crippen LogP contribution in [-0.4, -0.2) is 86.3 Å². The molecule has 0 unspecified atom stereocenters. The molecule has 7 heterocycles. The Morgan fingerprint density at radius 1 is 0.852 bits per heavy atom. The van der Waals surface area contributed by atoms with E-state index in [9.17, 15) is 19.2 Å². The Morgan fingerprint density at radius 3 is 2.06 bits per heavy atom. The highest BCUT2D eigenvalue weighted by molar-refractivity contribution is 9.10. The fourth-order valence-corrected chi connectivity index (χ4v) is 7.38. The largest absolute Gasteiger partial charge is 0.486 e. The molecule has 2 aliphatic rings. The Balaban J connectivity index is 0.000000276. The predicted molar refractivity (Wildman–Crippen MR) is 214 cm³/mol. The number of aromatic nitrogens is 5. The number of hydrogen-bond donors (Lipinski definition) is 0. The number of rotatable bonds is 9. The second-order valence-electron chi connectivity index (χ2n) is 14.2. The van der Waals surface area contributed by atoms with Crippen molar-refractivity contribution in [1.29, 1.82) is 0 Å². The second kappa shape index (κ2) is 17.4. The number of aldehydes is 1. The van der Waals surface area contributed by atoms with Crippen LogP contribution in [0, 0.1) is 0 Å². The van der Waals surface area contributed by atoms with Crippen LogP contribution >= 0.6 is 31.9 Å². The lowest BCUT2D eigenvalue weighted by Crippen LogP contribution is -2.44. The Kier molecular flexibility index (Phi) is 12.6. The number of halogens is 2. The van der Waals surface area contributed by atoms with E-state index in [1.54, 1.807) is 47.4 Å². The van der Waals surface area contributed by atoms with Crippen molar-refractivity contribution in [3.8, 4) is 11.5 Å². The van der Waals surface area contributed by atoms with E-state index >= 15 is 0 Å². The molecule has 0 radical (unpaired) electrons. The lowest BCUT2D eigenvalue weighted by Gasteiger charge is -2.35. The van der Waals surface area contributed by atoms with Crippen LogP contribution in [0.25, 0.3) is 22.1 Å². The Morgan fingerprint density at radius 2 is 1.44 bits per heavy atom. The summed E-state index contributed by atoms with van der Waals surface area (Å²) in [4.78, 5) is 63.4. The summed E-state index contributed by atoms with van der Waals surface area (Å²) in [6, 6.07) is 12.0. The van der Waals surface area contributed by atoms with E-state index < -0.39 is 5.60 Å². The van der Waals surface area contributed by atoms with Crippen molar-refractivity contribution in [2.75, 3.05) is 32.8 Å². The molecule has 5 aromatic heterocycles. The van der Waals surface area contributed by atoms with Gasteiger partial charge in [-0.05, 0) is 115 Å². The van der Waals surface area contributed by atoms with E-state index in [0.29, 0.717) is 54.9 Å². The van der Waals surface area contributed by atoms with Crippen LogP contribution < -0.4 is 20.6 Å². The summed E-state index contributed by atoms with van der Waals surface area (Å²) in [6.45, 7) is 9.48. The van der Waals surface area contributed by atoms with Crippen molar-refractivity contribution < 1.29 is 23.8 Å². The van der Waals surface area contributed by atoms with Gasteiger partial charge >= 0.3 is 0 Å². The summed E-state index contributed by atoms with van der Waals surface area (Å²) in [5.41, 5.74) is 2.97. The minimum Gasteiger partial charge on any atom is -0.486 e. The number of hydrogen-bond acceptors (Lipinski definition) is 11. The van der Waals surface area contributed by atoms with Gasteiger partial charge in [-0.2, -0.15) is 0 Å². The molecule has 0 atom stereocenters. The number of carbonyl (C=O) groups excluding carboxylic acids is 2. The van der Waals surface area contributed by atoms with E-state index in [1.807, 2.05) is 32.9 Å². The van der Waals surface area contributed by atoms with Gasteiger partial charge in [0.15, 0.2) is 11.5 Å². The van der Waals surface area contributed by atoms with Gasteiger partial charge < -0.3 is 28.5 Å². The first-order chi connectivity index (χ1) is 25.9. The quantitative estimate of drug-likeness (QED) is 0.128. The zero-order valence-corrected chi connectivity index (χ0v) is 33.5. The molecule has 0 aromatic carbocycles. The molecular formula is C38H41BBr2N6O7. The van der Waals surface area contributed by atoms with Crippen LogP contribution in [0.5, 0.6) is 11.5 Å². The molecular weight excluding hydrogens is 823 g/mol. The number of carbonyl (C=O) groups is 2. The zero-order valence-electron chi connectivity index (χ0n) is 30.4. The van der Waals surface area contributed by atoms with Crippen LogP contribution in [0.4, 0.5) is 4.79 Å². The fraction of sp³-hybridized carbons (Fsp3) is 0.395. The standard InChI is InChI=1S/C28H34BBrN4O5.C10H7BrN2O2/c1-28(2,3)39-27(36)29(16-21-15-24-25(18-31-21)38-13-12-37-24)19-6-8-33(9-7-19)10-11-34-23-14-20(30)17-32-22(23)4-5-26(34)35;11-7-5-9-8(12-6-7)1-2-10(15)13(9)3-4-14/h4-5,14-15,17-19H,6-13,16H2,1-3H3;1-2,4-6H,3H2. The van der Waals surface area contributed by atoms with Crippen molar-refractivity contribution in [3.63, 3.8) is 0 Å². The summed E-state index contributed by atoms with van der Waals surface area (Å²) >= 11 is 6.74. The first-order valence-electron chi connectivity index (χ1n) is 17.8. The number of fused-ring (bicyclic) bond motifs is 3. The third-order valence-corrected chi connectivity index (χ3v) is 10.2. The lowest BCUT2D eigenvalue weighted by molar-refractivity contribution is -0.108. The highest BCUT2D eigenvalue weighted by Crippen LogP contribution is 2.33. The molecule has 0 bridgehead atoms. The molecule has 5 aromatic rings. The first kappa shape index (κ1) is 39.3. The summed E-state index contributed by atoms with van der Waals surface area (Å²) in [6.07, 6.45) is 7.99. The van der Waals surface area contributed by atoms with E-state index in [1.165, 1.54) is 10.6 Å². The molecule has 2 aliphatic heterocycles. The van der Waals surface area contributed by atoms with Crippen LogP contribution in [0.1, 0.15) is 39.3 Å². The SMILES string of the molecule is CC(C)(C)OC(=O)B(Cc1cc2c(cn1)OCCO2)C1CCN(CCn2c(=O)ccc3ncc(Br)cc32)CC1.O=CCn1c(=O)ccc2ncc(Br)cc21. The average molecular weight is 864 g/mol. The van der Waals surface area contributed by atoms with Crippen LogP contribution in [0.2, 0.25) is 5.82 Å². The van der Waals surface area contributed by atoms with Crippen molar-refractivity contribution in [2.45, 2.75) is 64.4 Å². The maximum Gasteiger partial charge on any atom is 0.287 e. The van der Waals surface area contributed by atoms with Gasteiger partial charge in [0.1, 0.15) is 25.1 Å². The molecule has 0 aliphatic carbocycles. The molecule has 0 N–H and O–H groups in total. The summed E-state index contributed by atoms with van der Waals surface area (Å²) in [5.74, 6) is 1.31. The molecule has 13 nitrogen and oxygen atoms in total. The monoisotopic (exact) mass is 862 g/mol. The highest BCUT2D eigenvalue weighted by Gasteiger charge is 2.38. The summed E-state index contributed by atoms with van der Waals surface area (Å²) in [7, 11) is 0. The minimum absolute atomic E-state index is 0.0331. The Hall–Kier alpha value is -4.41. The van der Waals surface area contributed by atoms with E-state index in [4.69, 9.17) is 14.2 Å². The van der Waals surface area contributed by atoms with E-state index in [0.717, 1.165) is 58.1 Å². The molecule has 1 fully saturated rings. The predicted octanol–water partition coefficient (Wildman–Crippen LogP) is 5.94. The van der Waals surface area contributed by atoms with E-state index in [-0.39, 0.29) is 36.1 Å². The number of piperidine rings is 1. The van der Waals surface area contributed by atoms with Gasteiger partial charge in [-0.25, -0.2) is 0 Å². The molecule has 54 heavy (non-hydrogen) atoms. The van der Waals surface area contributed by atoms with Crippen LogP contribution in [0.3, 0.4) is 0 Å².